The van der Waals surface area contributed by atoms with Crippen LogP contribution in [-0.2, 0) is 15.4 Å². The monoisotopic (exact) mass is 372 g/mol. The molecule has 0 aliphatic carbocycles. The molecule has 26 heavy (non-hydrogen) atoms. The van der Waals surface area contributed by atoms with Gasteiger partial charge in [-0.1, -0.05) is 32.9 Å². The van der Waals surface area contributed by atoms with Crippen LogP contribution < -0.4 is 4.72 Å². The van der Waals surface area contributed by atoms with Gasteiger partial charge in [-0.2, -0.15) is 0 Å². The molecule has 0 fully saturated rings. The summed E-state index contributed by atoms with van der Waals surface area (Å²) in [4.78, 5) is 15.9. The van der Waals surface area contributed by atoms with Crippen molar-refractivity contribution in [3.05, 3.63) is 53.9 Å². The van der Waals surface area contributed by atoms with Gasteiger partial charge in [0.1, 0.15) is 5.52 Å². The van der Waals surface area contributed by atoms with Crippen LogP contribution in [0.4, 0.5) is 5.69 Å². The minimum atomic E-state index is -3.82. The lowest BCUT2D eigenvalue weighted by Crippen LogP contribution is -2.13. The fraction of sp³-hybridized carbons (Fsp3) is 0.263. The molecular weight excluding hydrogens is 352 g/mol. The van der Waals surface area contributed by atoms with Crippen LogP contribution in [0.25, 0.3) is 11.1 Å². The maximum atomic E-state index is 12.6. The molecule has 0 atom stereocenters. The Morgan fingerprint density at radius 1 is 1.12 bits per heavy atom. The largest absolute Gasteiger partial charge is 0.440 e. The van der Waals surface area contributed by atoms with Crippen molar-refractivity contribution in [3.8, 4) is 0 Å². The molecule has 3 aromatic rings. The quantitative estimate of drug-likeness (QED) is 0.696. The first-order valence-electron chi connectivity index (χ1n) is 8.11. The SMILES string of the molecule is CC(=O)c1cccc(S(=O)(=O)Nc2ccc3oc(C(C)(C)C)nc3c2)c1. The lowest BCUT2D eigenvalue weighted by Gasteiger charge is -2.11. The van der Waals surface area contributed by atoms with E-state index in [1.54, 1.807) is 30.3 Å². The Hall–Kier alpha value is -2.67. The molecule has 6 nitrogen and oxygen atoms in total. The number of benzene rings is 2. The number of hydrogen-bond acceptors (Lipinski definition) is 5. The second kappa shape index (κ2) is 6.25. The normalized spacial score (nSPS) is 12.3. The number of Topliss-reactive ketones (excluding diaryl/α,β-unsaturated/α-hetero) is 1. The summed E-state index contributed by atoms with van der Waals surface area (Å²) >= 11 is 0. The summed E-state index contributed by atoms with van der Waals surface area (Å²) in [6.45, 7) is 7.36. The number of carbonyl (C=O) groups excluding carboxylic acids is 1. The number of hydrogen-bond donors (Lipinski definition) is 1. The highest BCUT2D eigenvalue weighted by atomic mass is 32.2. The summed E-state index contributed by atoms with van der Waals surface area (Å²) in [5.41, 5.74) is 1.64. The van der Waals surface area contributed by atoms with E-state index in [4.69, 9.17) is 4.42 Å². The van der Waals surface area contributed by atoms with Crippen molar-refractivity contribution in [2.24, 2.45) is 0 Å². The minimum Gasteiger partial charge on any atom is -0.440 e. The van der Waals surface area contributed by atoms with Crippen LogP contribution in [0.3, 0.4) is 0 Å². The predicted molar refractivity (Wildman–Crippen MR) is 100.0 cm³/mol. The predicted octanol–water partition coefficient (Wildman–Crippen LogP) is 4.13. The molecule has 0 aliphatic rings. The molecule has 1 aromatic heterocycles. The molecule has 0 saturated carbocycles. The van der Waals surface area contributed by atoms with E-state index in [2.05, 4.69) is 9.71 Å². The van der Waals surface area contributed by atoms with Crippen molar-refractivity contribution in [1.29, 1.82) is 0 Å². The molecule has 0 bridgehead atoms. The Balaban J connectivity index is 1.94. The molecule has 1 N–H and O–H groups in total. The van der Waals surface area contributed by atoms with Gasteiger partial charge in [-0.15, -0.1) is 0 Å². The highest BCUT2D eigenvalue weighted by molar-refractivity contribution is 7.92. The summed E-state index contributed by atoms with van der Waals surface area (Å²) in [5.74, 6) is 0.391. The molecule has 0 unspecified atom stereocenters. The average Bonchev–Trinajstić information content (AvgIpc) is 2.98. The summed E-state index contributed by atoms with van der Waals surface area (Å²) in [6.07, 6.45) is 0. The maximum Gasteiger partial charge on any atom is 0.261 e. The van der Waals surface area contributed by atoms with E-state index in [1.165, 1.54) is 19.1 Å². The van der Waals surface area contributed by atoms with E-state index in [-0.39, 0.29) is 16.1 Å². The number of oxazole rings is 1. The van der Waals surface area contributed by atoms with Crippen molar-refractivity contribution in [2.75, 3.05) is 4.72 Å². The van der Waals surface area contributed by atoms with E-state index >= 15 is 0 Å². The molecule has 0 aliphatic heterocycles. The van der Waals surface area contributed by atoms with Crippen LogP contribution in [0.2, 0.25) is 0 Å². The number of carbonyl (C=O) groups is 1. The highest BCUT2D eigenvalue weighted by Crippen LogP contribution is 2.28. The maximum absolute atomic E-state index is 12.6. The smallest absolute Gasteiger partial charge is 0.261 e. The minimum absolute atomic E-state index is 0.0285. The topological polar surface area (TPSA) is 89.3 Å². The van der Waals surface area contributed by atoms with Gasteiger partial charge in [0, 0.05) is 11.0 Å². The van der Waals surface area contributed by atoms with E-state index in [0.29, 0.717) is 28.2 Å². The molecule has 2 aromatic carbocycles. The zero-order valence-electron chi connectivity index (χ0n) is 15.0. The Bertz CT molecular complexity index is 1090. The Morgan fingerprint density at radius 2 is 1.85 bits per heavy atom. The number of fused-ring (bicyclic) bond motifs is 1. The van der Waals surface area contributed by atoms with Gasteiger partial charge in [-0.05, 0) is 37.3 Å². The summed E-state index contributed by atoms with van der Waals surface area (Å²) < 4.78 is 33.5. The lowest BCUT2D eigenvalue weighted by atomic mass is 9.97. The summed E-state index contributed by atoms with van der Waals surface area (Å²) in [7, 11) is -3.82. The average molecular weight is 372 g/mol. The van der Waals surface area contributed by atoms with Crippen LogP contribution in [0, 0.1) is 0 Å². The van der Waals surface area contributed by atoms with Crippen LogP contribution in [0.15, 0.2) is 51.8 Å². The van der Waals surface area contributed by atoms with E-state index in [0.717, 1.165) is 0 Å². The number of rotatable bonds is 4. The fourth-order valence-electron chi connectivity index (χ4n) is 2.41. The second-order valence-electron chi connectivity index (χ2n) is 7.14. The number of anilines is 1. The third-order valence-corrected chi connectivity index (χ3v) is 5.21. The standard InChI is InChI=1S/C19H20N2O4S/c1-12(22)13-6-5-7-15(10-13)26(23,24)21-14-8-9-17-16(11-14)20-18(25-17)19(2,3)4/h5-11,21H,1-4H3. The summed E-state index contributed by atoms with van der Waals surface area (Å²) in [6, 6.07) is 10.9. The molecule has 0 saturated heterocycles. The molecule has 3 rings (SSSR count). The van der Waals surface area contributed by atoms with Gasteiger partial charge in [0.05, 0.1) is 10.6 Å². The lowest BCUT2D eigenvalue weighted by molar-refractivity contribution is 0.101. The van der Waals surface area contributed by atoms with Gasteiger partial charge in [0.15, 0.2) is 11.4 Å². The van der Waals surface area contributed by atoms with Crippen molar-refractivity contribution >= 4 is 32.6 Å². The second-order valence-corrected chi connectivity index (χ2v) is 8.82. The Kier molecular flexibility index (Phi) is 4.36. The van der Waals surface area contributed by atoms with Gasteiger partial charge in [-0.3, -0.25) is 9.52 Å². The zero-order chi connectivity index (χ0) is 19.1. The third kappa shape index (κ3) is 3.62. The number of sulfonamides is 1. The number of ketones is 1. The van der Waals surface area contributed by atoms with E-state index in [9.17, 15) is 13.2 Å². The Labute approximate surface area is 152 Å². The van der Waals surface area contributed by atoms with E-state index in [1.807, 2.05) is 20.8 Å². The zero-order valence-corrected chi connectivity index (χ0v) is 15.8. The highest BCUT2D eigenvalue weighted by Gasteiger charge is 2.21. The van der Waals surface area contributed by atoms with Gasteiger partial charge in [0.25, 0.3) is 10.0 Å². The first kappa shape index (κ1) is 18.1. The third-order valence-electron chi connectivity index (χ3n) is 3.83. The fourth-order valence-corrected chi connectivity index (χ4v) is 3.50. The van der Waals surface area contributed by atoms with Crippen LogP contribution in [0.1, 0.15) is 43.9 Å². The van der Waals surface area contributed by atoms with Crippen molar-refractivity contribution in [3.63, 3.8) is 0 Å². The van der Waals surface area contributed by atoms with Gasteiger partial charge < -0.3 is 4.42 Å². The number of nitrogens with zero attached hydrogens (tertiary/aromatic N) is 1. The molecular formula is C19H20N2O4S. The van der Waals surface area contributed by atoms with Gasteiger partial charge in [-0.25, -0.2) is 13.4 Å². The van der Waals surface area contributed by atoms with Crippen molar-refractivity contribution < 1.29 is 17.6 Å². The van der Waals surface area contributed by atoms with Crippen LogP contribution in [0.5, 0.6) is 0 Å². The van der Waals surface area contributed by atoms with Gasteiger partial charge in [0.2, 0.25) is 5.89 Å². The Morgan fingerprint density at radius 3 is 2.50 bits per heavy atom. The van der Waals surface area contributed by atoms with Crippen LogP contribution in [-0.4, -0.2) is 19.2 Å². The number of nitrogens with one attached hydrogen (secondary N) is 1. The van der Waals surface area contributed by atoms with Crippen molar-refractivity contribution in [1.82, 2.24) is 4.98 Å². The van der Waals surface area contributed by atoms with Gasteiger partial charge >= 0.3 is 0 Å². The first-order chi connectivity index (χ1) is 12.1. The molecule has 0 amide bonds. The van der Waals surface area contributed by atoms with Crippen LogP contribution >= 0.6 is 0 Å². The molecule has 0 radical (unpaired) electrons. The van der Waals surface area contributed by atoms with E-state index < -0.39 is 10.0 Å². The molecule has 136 valence electrons. The number of aromatic nitrogens is 1. The molecule has 0 spiro atoms. The van der Waals surface area contributed by atoms with Crippen molar-refractivity contribution in [2.45, 2.75) is 38.0 Å². The molecule has 7 heteroatoms. The summed E-state index contributed by atoms with van der Waals surface area (Å²) in [5, 5.41) is 0. The first-order valence-corrected chi connectivity index (χ1v) is 9.59. The molecule has 1 heterocycles.